The van der Waals surface area contributed by atoms with Crippen molar-refractivity contribution in [2.24, 2.45) is 5.41 Å². The van der Waals surface area contributed by atoms with E-state index in [4.69, 9.17) is 4.74 Å². The Hall–Kier alpha value is -1.94. The van der Waals surface area contributed by atoms with Crippen molar-refractivity contribution in [3.63, 3.8) is 0 Å². The minimum absolute atomic E-state index is 0.0554. The van der Waals surface area contributed by atoms with Gasteiger partial charge in [0.15, 0.2) is 0 Å². The van der Waals surface area contributed by atoms with Gasteiger partial charge in [-0.2, -0.15) is 0 Å². The van der Waals surface area contributed by atoms with Gasteiger partial charge >= 0.3 is 0 Å². The Labute approximate surface area is 129 Å². The maximum absolute atomic E-state index is 12.8. The van der Waals surface area contributed by atoms with E-state index in [0.29, 0.717) is 0 Å². The van der Waals surface area contributed by atoms with Gasteiger partial charge in [0.25, 0.3) is 0 Å². The van der Waals surface area contributed by atoms with Crippen molar-refractivity contribution in [2.75, 3.05) is 5.32 Å². The van der Waals surface area contributed by atoms with Crippen molar-refractivity contribution in [3.8, 4) is 0 Å². The maximum atomic E-state index is 12.8. The molecule has 1 aromatic heterocycles. The number of hydrogen-bond donors (Lipinski definition) is 1. The number of benzene rings is 1. The van der Waals surface area contributed by atoms with Crippen LogP contribution >= 0.6 is 0 Å². The van der Waals surface area contributed by atoms with E-state index < -0.39 is 5.41 Å². The molecule has 2 aromatic rings. The Balaban J connectivity index is 1.63. The Morgan fingerprint density at radius 2 is 2.18 bits per heavy atom. The summed E-state index contributed by atoms with van der Waals surface area (Å²) in [6, 6.07) is 9.96. The molecule has 0 radical (unpaired) electrons. The fraction of sp³-hybridized carbons (Fsp3) is 0.444. The van der Waals surface area contributed by atoms with Gasteiger partial charge < -0.3 is 10.1 Å². The molecule has 0 spiro atoms. The molecule has 2 aliphatic heterocycles. The SMILES string of the molecule is Cc1nc2ccccc2cc1NC(=O)C1(C)CC2CCC1O2. The monoisotopic (exact) mass is 296 g/mol. The second-order valence-electron chi connectivity index (χ2n) is 6.71. The first-order valence-electron chi connectivity index (χ1n) is 7.89. The lowest BCUT2D eigenvalue weighted by atomic mass is 9.75. The summed E-state index contributed by atoms with van der Waals surface area (Å²) in [6.45, 7) is 3.96. The lowest BCUT2D eigenvalue weighted by Gasteiger charge is -2.29. The number of ether oxygens (including phenoxy) is 1. The van der Waals surface area contributed by atoms with Crippen molar-refractivity contribution in [3.05, 3.63) is 36.0 Å². The van der Waals surface area contributed by atoms with Gasteiger partial charge in [-0.3, -0.25) is 9.78 Å². The van der Waals surface area contributed by atoms with E-state index in [-0.39, 0.29) is 18.1 Å². The Morgan fingerprint density at radius 1 is 1.36 bits per heavy atom. The minimum atomic E-state index is -0.416. The number of pyridine rings is 1. The fourth-order valence-corrected chi connectivity index (χ4v) is 3.77. The lowest BCUT2D eigenvalue weighted by Crippen LogP contribution is -2.41. The predicted octanol–water partition coefficient (Wildman–Crippen LogP) is 3.44. The summed E-state index contributed by atoms with van der Waals surface area (Å²) in [5, 5.41) is 4.13. The number of carbonyl (C=O) groups excluding carboxylic acids is 1. The molecule has 1 amide bonds. The van der Waals surface area contributed by atoms with Crippen LogP contribution in [0.15, 0.2) is 30.3 Å². The van der Waals surface area contributed by atoms with E-state index in [9.17, 15) is 4.79 Å². The first-order chi connectivity index (χ1) is 10.6. The summed E-state index contributed by atoms with van der Waals surface area (Å²) < 4.78 is 5.87. The first-order valence-corrected chi connectivity index (χ1v) is 7.89. The molecule has 3 atom stereocenters. The van der Waals surface area contributed by atoms with E-state index in [2.05, 4.69) is 10.3 Å². The molecular formula is C18H20N2O2. The summed E-state index contributed by atoms with van der Waals surface area (Å²) in [6.07, 6.45) is 3.22. The molecule has 3 heterocycles. The number of nitrogens with zero attached hydrogens (tertiary/aromatic N) is 1. The van der Waals surface area contributed by atoms with Crippen LogP contribution < -0.4 is 5.32 Å². The van der Waals surface area contributed by atoms with Crippen LogP contribution in [-0.2, 0) is 9.53 Å². The quantitative estimate of drug-likeness (QED) is 0.923. The average Bonchev–Trinajstić information content (AvgIpc) is 3.09. The van der Waals surface area contributed by atoms with Crippen LogP contribution in [0.4, 0.5) is 5.69 Å². The maximum Gasteiger partial charge on any atom is 0.233 e. The van der Waals surface area contributed by atoms with Crippen LogP contribution in [0.3, 0.4) is 0 Å². The molecule has 0 saturated carbocycles. The number of nitrogens with one attached hydrogen (secondary N) is 1. The third-order valence-corrected chi connectivity index (χ3v) is 5.15. The number of hydrogen-bond acceptors (Lipinski definition) is 3. The van der Waals surface area contributed by atoms with Gasteiger partial charge in [-0.1, -0.05) is 18.2 Å². The van der Waals surface area contributed by atoms with Crippen molar-refractivity contribution in [1.82, 2.24) is 4.98 Å². The first kappa shape index (κ1) is 13.7. The zero-order valence-corrected chi connectivity index (χ0v) is 12.9. The molecule has 1 aromatic carbocycles. The summed E-state index contributed by atoms with van der Waals surface area (Å²) in [7, 11) is 0. The molecule has 2 fully saturated rings. The van der Waals surface area contributed by atoms with Crippen LogP contribution in [0.1, 0.15) is 31.9 Å². The number of rotatable bonds is 2. The summed E-state index contributed by atoms with van der Waals surface area (Å²) in [5.41, 5.74) is 2.18. The van der Waals surface area contributed by atoms with E-state index in [1.165, 1.54) is 0 Å². The van der Waals surface area contributed by atoms with Gasteiger partial charge in [-0.25, -0.2) is 0 Å². The highest BCUT2D eigenvalue weighted by molar-refractivity contribution is 5.98. The zero-order valence-electron chi connectivity index (χ0n) is 12.9. The minimum Gasteiger partial charge on any atom is -0.374 e. The smallest absolute Gasteiger partial charge is 0.233 e. The van der Waals surface area contributed by atoms with Gasteiger partial charge in [-0.05, 0) is 45.2 Å². The van der Waals surface area contributed by atoms with Crippen LogP contribution in [0, 0.1) is 12.3 Å². The van der Waals surface area contributed by atoms with Crippen LogP contribution in [0.5, 0.6) is 0 Å². The van der Waals surface area contributed by atoms with Crippen molar-refractivity contribution < 1.29 is 9.53 Å². The Morgan fingerprint density at radius 3 is 2.91 bits per heavy atom. The highest BCUT2D eigenvalue weighted by Crippen LogP contribution is 2.48. The van der Waals surface area contributed by atoms with E-state index in [0.717, 1.165) is 41.5 Å². The van der Waals surface area contributed by atoms with Crippen molar-refractivity contribution in [2.45, 2.75) is 45.3 Å². The molecule has 4 nitrogen and oxygen atoms in total. The third-order valence-electron chi connectivity index (χ3n) is 5.15. The van der Waals surface area contributed by atoms with Crippen LogP contribution in [-0.4, -0.2) is 23.1 Å². The molecule has 114 valence electrons. The van der Waals surface area contributed by atoms with Crippen LogP contribution in [0.2, 0.25) is 0 Å². The zero-order chi connectivity index (χ0) is 15.3. The van der Waals surface area contributed by atoms with Crippen LogP contribution in [0.25, 0.3) is 10.9 Å². The van der Waals surface area contributed by atoms with Gasteiger partial charge in [0.05, 0.1) is 34.5 Å². The molecule has 1 N–H and O–H groups in total. The molecule has 2 saturated heterocycles. The number of anilines is 1. The fourth-order valence-electron chi connectivity index (χ4n) is 3.77. The Kier molecular flexibility index (Phi) is 2.98. The molecule has 22 heavy (non-hydrogen) atoms. The molecule has 4 heteroatoms. The van der Waals surface area contributed by atoms with Gasteiger partial charge in [0.1, 0.15) is 0 Å². The summed E-state index contributed by atoms with van der Waals surface area (Å²) >= 11 is 0. The molecule has 0 aliphatic carbocycles. The number of para-hydroxylation sites is 1. The highest BCUT2D eigenvalue weighted by Gasteiger charge is 2.53. The second-order valence-corrected chi connectivity index (χ2v) is 6.71. The average molecular weight is 296 g/mol. The van der Waals surface area contributed by atoms with Crippen molar-refractivity contribution >= 4 is 22.5 Å². The molecule has 2 bridgehead atoms. The van der Waals surface area contributed by atoms with Gasteiger partial charge in [-0.15, -0.1) is 0 Å². The standard InChI is InChI=1S/C18H20N2O2/c1-11-15(9-12-5-3-4-6-14(12)19-11)20-17(21)18(2)10-13-7-8-16(18)22-13/h3-6,9,13,16H,7-8,10H2,1-2H3,(H,20,21). The summed E-state index contributed by atoms with van der Waals surface area (Å²) in [5.74, 6) is 0.0554. The number of aryl methyl sites for hydroxylation is 1. The van der Waals surface area contributed by atoms with E-state index in [1.807, 2.05) is 44.2 Å². The van der Waals surface area contributed by atoms with Gasteiger partial charge in [0, 0.05) is 5.39 Å². The normalized spacial score (nSPS) is 29.9. The number of amides is 1. The van der Waals surface area contributed by atoms with Gasteiger partial charge in [0.2, 0.25) is 5.91 Å². The summed E-state index contributed by atoms with van der Waals surface area (Å²) in [4.78, 5) is 17.4. The van der Waals surface area contributed by atoms with E-state index in [1.54, 1.807) is 0 Å². The highest BCUT2D eigenvalue weighted by atomic mass is 16.5. The number of carbonyl (C=O) groups is 1. The largest absolute Gasteiger partial charge is 0.374 e. The Bertz CT molecular complexity index is 758. The number of fused-ring (bicyclic) bond motifs is 3. The topological polar surface area (TPSA) is 51.2 Å². The molecule has 3 unspecified atom stereocenters. The third kappa shape index (κ3) is 2.02. The molecular weight excluding hydrogens is 276 g/mol. The predicted molar refractivity (Wildman–Crippen MR) is 85.7 cm³/mol. The molecule has 2 aliphatic rings. The second kappa shape index (κ2) is 4.78. The lowest BCUT2D eigenvalue weighted by molar-refractivity contribution is -0.127. The van der Waals surface area contributed by atoms with Crippen molar-refractivity contribution in [1.29, 1.82) is 0 Å². The van der Waals surface area contributed by atoms with E-state index >= 15 is 0 Å². The number of aromatic nitrogens is 1. The molecule has 4 rings (SSSR count).